The van der Waals surface area contributed by atoms with Crippen LogP contribution >= 0.6 is 0 Å². The molecule has 1 atom stereocenters. The van der Waals surface area contributed by atoms with Crippen LogP contribution in [0.25, 0.3) is 11.4 Å². The quantitative estimate of drug-likeness (QED) is 0.608. The van der Waals surface area contributed by atoms with Crippen molar-refractivity contribution in [2.45, 2.75) is 44.2 Å². The van der Waals surface area contributed by atoms with E-state index in [1.54, 1.807) is 6.26 Å². The Labute approximate surface area is 167 Å². The van der Waals surface area contributed by atoms with Gasteiger partial charge in [-0.3, -0.25) is 9.59 Å². The Hall–Kier alpha value is -3.42. The molecular formula is C21H22N4O4. The molecular weight excluding hydrogens is 372 g/mol. The van der Waals surface area contributed by atoms with Gasteiger partial charge in [-0.15, -0.1) is 0 Å². The Kier molecular flexibility index (Phi) is 5.41. The number of amides is 2. The lowest BCUT2D eigenvalue weighted by molar-refractivity contribution is -0.123. The topological polar surface area (TPSA) is 110 Å². The average molecular weight is 394 g/mol. The monoisotopic (exact) mass is 394 g/mol. The van der Waals surface area contributed by atoms with E-state index >= 15 is 0 Å². The third kappa shape index (κ3) is 4.71. The number of carbonyl (C=O) groups excluding carboxylic acids is 2. The van der Waals surface area contributed by atoms with E-state index < -0.39 is 5.54 Å². The summed E-state index contributed by atoms with van der Waals surface area (Å²) in [5.41, 5.74) is 0.405. The molecule has 1 aromatic carbocycles. The molecule has 2 amide bonds. The second-order valence-corrected chi connectivity index (χ2v) is 7.24. The zero-order valence-electron chi connectivity index (χ0n) is 15.9. The lowest BCUT2D eigenvalue weighted by atomic mass is 9.87. The number of hydrogen-bond acceptors (Lipinski definition) is 6. The van der Waals surface area contributed by atoms with Gasteiger partial charge in [0.05, 0.1) is 12.8 Å². The molecule has 1 saturated heterocycles. The Morgan fingerprint density at radius 1 is 1.21 bits per heavy atom. The van der Waals surface area contributed by atoms with E-state index in [9.17, 15) is 9.59 Å². The minimum atomic E-state index is -0.447. The fourth-order valence-electron chi connectivity index (χ4n) is 3.58. The predicted octanol–water partition coefficient (Wildman–Crippen LogP) is 2.62. The van der Waals surface area contributed by atoms with Gasteiger partial charge in [0.15, 0.2) is 0 Å². The number of hydrogen-bond donors (Lipinski definition) is 2. The van der Waals surface area contributed by atoms with Gasteiger partial charge < -0.3 is 19.6 Å². The first-order valence-electron chi connectivity index (χ1n) is 9.60. The van der Waals surface area contributed by atoms with Crippen molar-refractivity contribution in [2.75, 3.05) is 0 Å². The predicted molar refractivity (Wildman–Crippen MR) is 103 cm³/mol. The van der Waals surface area contributed by atoms with Crippen molar-refractivity contribution in [2.24, 2.45) is 0 Å². The molecule has 0 saturated carbocycles. The van der Waals surface area contributed by atoms with Crippen molar-refractivity contribution in [1.29, 1.82) is 0 Å². The molecule has 150 valence electrons. The second kappa shape index (κ2) is 8.30. The molecule has 0 aliphatic carbocycles. The fourth-order valence-corrected chi connectivity index (χ4v) is 3.58. The van der Waals surface area contributed by atoms with E-state index in [0.717, 1.165) is 11.3 Å². The molecule has 1 fully saturated rings. The summed E-state index contributed by atoms with van der Waals surface area (Å²) in [6.45, 7) is 0.163. The number of benzene rings is 1. The van der Waals surface area contributed by atoms with Crippen LogP contribution in [-0.4, -0.2) is 27.5 Å². The minimum absolute atomic E-state index is 0.0104. The van der Waals surface area contributed by atoms with Gasteiger partial charge in [-0.05, 0) is 25.0 Å². The van der Waals surface area contributed by atoms with Crippen molar-refractivity contribution in [1.82, 2.24) is 20.8 Å². The van der Waals surface area contributed by atoms with E-state index in [-0.39, 0.29) is 24.8 Å². The van der Waals surface area contributed by atoms with Crippen molar-refractivity contribution in [3.63, 3.8) is 0 Å². The van der Waals surface area contributed by atoms with Crippen molar-refractivity contribution < 1.29 is 18.5 Å². The Bertz CT molecular complexity index is 968. The van der Waals surface area contributed by atoms with Crippen molar-refractivity contribution in [3.8, 4) is 11.4 Å². The first kappa shape index (κ1) is 18.9. The minimum Gasteiger partial charge on any atom is -0.469 e. The van der Waals surface area contributed by atoms with E-state index in [1.807, 2.05) is 42.5 Å². The van der Waals surface area contributed by atoms with Crippen molar-refractivity contribution >= 4 is 11.8 Å². The number of nitrogens with one attached hydrogen (secondary N) is 2. The van der Waals surface area contributed by atoms with Crippen LogP contribution in [-0.2, 0) is 22.6 Å². The SMILES string of the molecule is O=C(CC[C@@]1(Cc2ccco2)CCC(=O)N1)NCc1nc(-c2ccccc2)no1. The van der Waals surface area contributed by atoms with Crippen LogP contribution in [0.2, 0.25) is 0 Å². The number of carbonyl (C=O) groups is 2. The zero-order chi connectivity index (χ0) is 20.1. The molecule has 0 spiro atoms. The highest BCUT2D eigenvalue weighted by molar-refractivity contribution is 5.80. The maximum Gasteiger partial charge on any atom is 0.246 e. The first-order valence-corrected chi connectivity index (χ1v) is 9.60. The van der Waals surface area contributed by atoms with Crippen molar-refractivity contribution in [3.05, 3.63) is 60.4 Å². The molecule has 29 heavy (non-hydrogen) atoms. The van der Waals surface area contributed by atoms with Crippen LogP contribution < -0.4 is 10.6 Å². The van der Waals surface area contributed by atoms with Crippen LogP contribution in [0.15, 0.2) is 57.7 Å². The van der Waals surface area contributed by atoms with Gasteiger partial charge in [0.2, 0.25) is 23.5 Å². The lowest BCUT2D eigenvalue weighted by Gasteiger charge is -2.28. The van der Waals surface area contributed by atoms with Crippen LogP contribution in [0.3, 0.4) is 0 Å². The molecule has 2 aromatic heterocycles. The summed E-state index contributed by atoms with van der Waals surface area (Å²) in [7, 11) is 0. The third-order valence-corrected chi connectivity index (χ3v) is 5.10. The Morgan fingerprint density at radius 3 is 2.79 bits per heavy atom. The molecule has 2 N–H and O–H groups in total. The summed E-state index contributed by atoms with van der Waals surface area (Å²) in [5, 5.41) is 9.78. The number of furan rings is 1. The molecule has 8 heteroatoms. The highest BCUT2D eigenvalue weighted by Gasteiger charge is 2.38. The maximum atomic E-state index is 12.3. The highest BCUT2D eigenvalue weighted by atomic mass is 16.5. The van der Waals surface area contributed by atoms with Crippen LogP contribution in [0.4, 0.5) is 0 Å². The molecule has 3 aromatic rings. The first-order chi connectivity index (χ1) is 14.1. The number of nitrogens with zero attached hydrogens (tertiary/aromatic N) is 2. The molecule has 8 nitrogen and oxygen atoms in total. The summed E-state index contributed by atoms with van der Waals surface area (Å²) in [6, 6.07) is 13.2. The van der Waals surface area contributed by atoms with Crippen LogP contribution in [0.1, 0.15) is 37.3 Å². The van der Waals surface area contributed by atoms with Gasteiger partial charge in [-0.2, -0.15) is 4.98 Å². The van der Waals surface area contributed by atoms with E-state index in [1.165, 1.54) is 0 Å². The molecule has 0 radical (unpaired) electrons. The smallest absolute Gasteiger partial charge is 0.246 e. The third-order valence-electron chi connectivity index (χ3n) is 5.10. The highest BCUT2D eigenvalue weighted by Crippen LogP contribution is 2.29. The Balaban J connectivity index is 1.30. The lowest BCUT2D eigenvalue weighted by Crippen LogP contribution is -2.44. The van der Waals surface area contributed by atoms with Crippen LogP contribution in [0.5, 0.6) is 0 Å². The molecule has 3 heterocycles. The van der Waals surface area contributed by atoms with Gasteiger partial charge in [-0.1, -0.05) is 35.5 Å². The van der Waals surface area contributed by atoms with Gasteiger partial charge in [0.1, 0.15) is 5.76 Å². The summed E-state index contributed by atoms with van der Waals surface area (Å²) in [6.07, 6.45) is 4.14. The summed E-state index contributed by atoms with van der Waals surface area (Å²) < 4.78 is 10.6. The van der Waals surface area contributed by atoms with Gasteiger partial charge in [0, 0.05) is 30.4 Å². The number of rotatable bonds is 8. The van der Waals surface area contributed by atoms with E-state index in [2.05, 4.69) is 20.8 Å². The Morgan fingerprint density at radius 2 is 2.07 bits per heavy atom. The molecule has 4 rings (SSSR count). The molecule has 0 bridgehead atoms. The molecule has 1 aliphatic heterocycles. The second-order valence-electron chi connectivity index (χ2n) is 7.24. The van der Waals surface area contributed by atoms with Crippen LogP contribution in [0, 0.1) is 0 Å². The normalized spacial score (nSPS) is 18.6. The van der Waals surface area contributed by atoms with Gasteiger partial charge >= 0.3 is 0 Å². The van der Waals surface area contributed by atoms with Gasteiger partial charge in [0.25, 0.3) is 0 Å². The van der Waals surface area contributed by atoms with E-state index in [0.29, 0.717) is 37.4 Å². The zero-order valence-corrected chi connectivity index (χ0v) is 15.9. The van der Waals surface area contributed by atoms with Gasteiger partial charge in [-0.25, -0.2) is 0 Å². The summed E-state index contributed by atoms with van der Waals surface area (Å²) >= 11 is 0. The summed E-state index contributed by atoms with van der Waals surface area (Å²) in [4.78, 5) is 28.4. The fraction of sp³-hybridized carbons (Fsp3) is 0.333. The molecule has 0 unspecified atom stereocenters. The molecule has 1 aliphatic rings. The van der Waals surface area contributed by atoms with E-state index in [4.69, 9.17) is 8.94 Å². The standard InChI is InChI=1S/C21H22N4O4/c26-17(22-14-19-23-20(25-29-19)15-5-2-1-3-6-15)8-10-21(11-9-18(27)24-21)13-16-7-4-12-28-16/h1-7,12H,8-11,13-14H2,(H,22,26)(H,24,27)/t21-/m0/s1. The average Bonchev–Trinajstić information content (AvgIpc) is 3.48. The maximum absolute atomic E-state index is 12.3. The number of aromatic nitrogens is 2. The largest absolute Gasteiger partial charge is 0.469 e. The summed E-state index contributed by atoms with van der Waals surface area (Å²) in [5.74, 6) is 1.50.